The zero-order chi connectivity index (χ0) is 16.4. The summed E-state index contributed by atoms with van der Waals surface area (Å²) >= 11 is 0. The number of carboxylic acids is 1. The minimum absolute atomic E-state index is 0.0305. The van der Waals surface area contributed by atoms with E-state index in [1.54, 1.807) is 27.9 Å². The largest absolute Gasteiger partial charge is 0.478 e. The topological polar surface area (TPSA) is 91.8 Å². The lowest BCUT2D eigenvalue weighted by Crippen LogP contribution is -2.24. The Kier molecular flexibility index (Phi) is 5.11. The van der Waals surface area contributed by atoms with E-state index in [1.165, 1.54) is 17.0 Å². The zero-order valence-electron chi connectivity index (χ0n) is 12.5. The van der Waals surface area contributed by atoms with Crippen molar-refractivity contribution in [3.63, 3.8) is 0 Å². The zero-order valence-corrected chi connectivity index (χ0v) is 13.3. The molecule has 0 aromatic heterocycles. The van der Waals surface area contributed by atoms with Crippen LogP contribution in [0.25, 0.3) is 0 Å². The summed E-state index contributed by atoms with van der Waals surface area (Å²) in [6.45, 7) is 3.22. The predicted octanol–water partition coefficient (Wildman–Crippen LogP) is 1.25. The highest BCUT2D eigenvalue weighted by Gasteiger charge is 2.22. The molecule has 0 fully saturated rings. The minimum atomic E-state index is -3.70. The van der Waals surface area contributed by atoms with Crippen LogP contribution in [0.2, 0.25) is 0 Å². The molecule has 0 bridgehead atoms. The number of nitrogens with zero attached hydrogens (tertiary/aromatic N) is 1. The van der Waals surface area contributed by atoms with Gasteiger partial charge in [0.1, 0.15) is 0 Å². The number of carbonyl (C=O) groups excluding carboxylic acids is 1. The number of hydrogen-bond acceptors (Lipinski definition) is 4. The molecule has 0 aliphatic heterocycles. The van der Waals surface area contributed by atoms with E-state index in [-0.39, 0.29) is 28.5 Å². The van der Waals surface area contributed by atoms with Gasteiger partial charge in [0.2, 0.25) is 5.91 Å². The van der Waals surface area contributed by atoms with Crippen LogP contribution < -0.4 is 0 Å². The van der Waals surface area contributed by atoms with Gasteiger partial charge in [0.25, 0.3) is 0 Å². The molecule has 1 aromatic rings. The number of carbonyl (C=O) groups is 2. The number of amides is 1. The molecular formula is C14H19NO5S. The molecule has 0 radical (unpaired) electrons. The van der Waals surface area contributed by atoms with E-state index in [0.717, 1.165) is 0 Å². The van der Waals surface area contributed by atoms with E-state index in [2.05, 4.69) is 0 Å². The smallest absolute Gasteiger partial charge is 0.335 e. The molecule has 0 aliphatic rings. The van der Waals surface area contributed by atoms with Gasteiger partial charge < -0.3 is 10.0 Å². The van der Waals surface area contributed by atoms with Gasteiger partial charge in [-0.05, 0) is 31.0 Å². The summed E-state index contributed by atoms with van der Waals surface area (Å²) < 4.78 is 24.6. The van der Waals surface area contributed by atoms with Gasteiger partial charge >= 0.3 is 5.97 Å². The summed E-state index contributed by atoms with van der Waals surface area (Å²) in [7, 11) is -0.603. The Hall–Kier alpha value is -1.89. The molecule has 0 unspecified atom stereocenters. The number of hydrogen-bond donors (Lipinski definition) is 1. The fourth-order valence-electron chi connectivity index (χ4n) is 1.95. The number of rotatable bonds is 5. The van der Waals surface area contributed by atoms with Crippen LogP contribution in [0.15, 0.2) is 17.0 Å². The summed E-state index contributed by atoms with van der Waals surface area (Å²) in [4.78, 5) is 23.9. The molecule has 0 heterocycles. The van der Waals surface area contributed by atoms with Gasteiger partial charge in [-0.2, -0.15) is 0 Å². The number of aromatic carboxylic acids is 1. The first kappa shape index (κ1) is 17.2. The molecule has 0 saturated carbocycles. The Morgan fingerprint density at radius 1 is 1.14 bits per heavy atom. The normalized spacial score (nSPS) is 11.2. The second-order valence-electron chi connectivity index (χ2n) is 5.09. The van der Waals surface area contributed by atoms with Crippen molar-refractivity contribution in [3.05, 3.63) is 28.8 Å². The van der Waals surface area contributed by atoms with E-state index >= 15 is 0 Å². The molecule has 1 N–H and O–H groups in total. The van der Waals surface area contributed by atoms with E-state index in [4.69, 9.17) is 5.11 Å². The van der Waals surface area contributed by atoms with Crippen LogP contribution in [0.3, 0.4) is 0 Å². The van der Waals surface area contributed by atoms with Crippen LogP contribution in [-0.2, 0) is 14.6 Å². The van der Waals surface area contributed by atoms with E-state index in [0.29, 0.717) is 11.1 Å². The van der Waals surface area contributed by atoms with Crippen molar-refractivity contribution in [1.29, 1.82) is 0 Å². The van der Waals surface area contributed by atoms with Gasteiger partial charge in [0.05, 0.1) is 16.2 Å². The Bertz CT molecular complexity index is 677. The highest BCUT2D eigenvalue weighted by atomic mass is 32.2. The first-order valence-corrected chi connectivity index (χ1v) is 7.99. The van der Waals surface area contributed by atoms with Crippen LogP contribution in [-0.4, -0.2) is 50.1 Å². The summed E-state index contributed by atoms with van der Waals surface area (Å²) in [6.07, 6.45) is -0.134. The molecule has 0 spiro atoms. The maximum absolute atomic E-state index is 12.3. The van der Waals surface area contributed by atoms with Gasteiger partial charge in [0, 0.05) is 20.5 Å². The van der Waals surface area contributed by atoms with Crippen LogP contribution in [0.4, 0.5) is 0 Å². The summed E-state index contributed by atoms with van der Waals surface area (Å²) in [5.74, 6) is -1.80. The average molecular weight is 313 g/mol. The van der Waals surface area contributed by atoms with Gasteiger partial charge in [-0.3, -0.25) is 4.79 Å². The Labute approximate surface area is 124 Å². The quantitative estimate of drug-likeness (QED) is 0.883. The van der Waals surface area contributed by atoms with Crippen LogP contribution >= 0.6 is 0 Å². The standard InChI is InChI=1S/C14H19NO5S/c1-9-7-10(2)12(8-11(9)14(17)18)21(19,20)6-5-13(16)15(3)4/h7-8H,5-6H2,1-4H3,(H,17,18). The van der Waals surface area contributed by atoms with Crippen molar-refractivity contribution in [1.82, 2.24) is 4.90 Å². The lowest BCUT2D eigenvalue weighted by molar-refractivity contribution is -0.128. The second-order valence-corrected chi connectivity index (χ2v) is 7.17. The van der Waals surface area contributed by atoms with Crippen molar-refractivity contribution in [2.45, 2.75) is 25.2 Å². The predicted molar refractivity (Wildman–Crippen MR) is 78.2 cm³/mol. The molecule has 1 amide bonds. The average Bonchev–Trinajstić information content (AvgIpc) is 2.34. The van der Waals surface area contributed by atoms with Gasteiger partial charge in [-0.25, -0.2) is 13.2 Å². The number of carboxylic acid groups (broad SMARTS) is 1. The maximum atomic E-state index is 12.3. The molecule has 1 aromatic carbocycles. The molecule has 21 heavy (non-hydrogen) atoms. The van der Waals surface area contributed by atoms with E-state index in [1.807, 2.05) is 0 Å². The van der Waals surface area contributed by atoms with Crippen LogP contribution in [0.1, 0.15) is 27.9 Å². The van der Waals surface area contributed by atoms with Gasteiger partial charge in [0.15, 0.2) is 9.84 Å². The van der Waals surface area contributed by atoms with E-state index < -0.39 is 15.8 Å². The second kappa shape index (κ2) is 6.26. The lowest BCUT2D eigenvalue weighted by atomic mass is 10.1. The molecule has 1 rings (SSSR count). The fourth-order valence-corrected chi connectivity index (χ4v) is 3.46. The monoisotopic (exact) mass is 313 g/mol. The van der Waals surface area contributed by atoms with Crippen molar-refractivity contribution in [2.24, 2.45) is 0 Å². The molecule has 7 heteroatoms. The third-order valence-electron chi connectivity index (χ3n) is 3.17. The first-order valence-electron chi connectivity index (χ1n) is 6.33. The summed E-state index contributed by atoms with van der Waals surface area (Å²) in [6, 6.07) is 2.70. The lowest BCUT2D eigenvalue weighted by Gasteiger charge is -2.13. The molecule has 0 saturated heterocycles. The van der Waals surface area contributed by atoms with Crippen molar-refractivity contribution >= 4 is 21.7 Å². The molecule has 0 aliphatic carbocycles. The third-order valence-corrected chi connectivity index (χ3v) is 5.02. The minimum Gasteiger partial charge on any atom is -0.478 e. The van der Waals surface area contributed by atoms with Crippen molar-refractivity contribution < 1.29 is 23.1 Å². The first-order chi connectivity index (χ1) is 9.56. The molecule has 6 nitrogen and oxygen atoms in total. The highest BCUT2D eigenvalue weighted by molar-refractivity contribution is 7.91. The molecule has 116 valence electrons. The summed E-state index contributed by atoms with van der Waals surface area (Å²) in [5.41, 5.74) is 0.941. The van der Waals surface area contributed by atoms with Crippen molar-refractivity contribution in [2.75, 3.05) is 19.8 Å². The molecule has 0 atom stereocenters. The summed E-state index contributed by atoms with van der Waals surface area (Å²) in [5, 5.41) is 9.08. The third kappa shape index (κ3) is 4.04. The Morgan fingerprint density at radius 2 is 1.71 bits per heavy atom. The Morgan fingerprint density at radius 3 is 2.19 bits per heavy atom. The van der Waals surface area contributed by atoms with Crippen LogP contribution in [0.5, 0.6) is 0 Å². The number of benzene rings is 1. The molecular weight excluding hydrogens is 294 g/mol. The SMILES string of the molecule is Cc1cc(C)c(S(=O)(=O)CCC(=O)N(C)C)cc1C(=O)O. The fraction of sp³-hybridized carbons (Fsp3) is 0.429. The Balaban J connectivity index is 3.17. The number of aryl methyl sites for hydroxylation is 2. The van der Waals surface area contributed by atoms with Gasteiger partial charge in [-0.1, -0.05) is 6.07 Å². The van der Waals surface area contributed by atoms with E-state index in [9.17, 15) is 18.0 Å². The maximum Gasteiger partial charge on any atom is 0.335 e. The van der Waals surface area contributed by atoms with Crippen molar-refractivity contribution in [3.8, 4) is 0 Å². The van der Waals surface area contributed by atoms with Crippen LogP contribution in [0, 0.1) is 13.8 Å². The highest BCUT2D eigenvalue weighted by Crippen LogP contribution is 2.22. The van der Waals surface area contributed by atoms with Gasteiger partial charge in [-0.15, -0.1) is 0 Å². The number of sulfone groups is 1.